The lowest BCUT2D eigenvalue weighted by Gasteiger charge is -2.09. The summed E-state index contributed by atoms with van der Waals surface area (Å²) in [5.41, 5.74) is 9.03. The number of nitrogens with two attached hydrogens (primary N) is 1. The summed E-state index contributed by atoms with van der Waals surface area (Å²) >= 11 is 2.26. The van der Waals surface area contributed by atoms with E-state index in [-0.39, 0.29) is 0 Å². The average molecular weight is 406 g/mol. The fourth-order valence-corrected chi connectivity index (χ4v) is 3.21. The largest absolute Gasteiger partial charge is 0.382 e. The maximum atomic E-state index is 6.14. The van der Waals surface area contributed by atoms with E-state index in [1.165, 1.54) is 0 Å². The number of rotatable bonds is 5. The van der Waals surface area contributed by atoms with E-state index in [4.69, 9.17) is 10.7 Å². The number of anilines is 1. The van der Waals surface area contributed by atoms with E-state index in [0.29, 0.717) is 5.82 Å². The van der Waals surface area contributed by atoms with Gasteiger partial charge in [-0.2, -0.15) is 0 Å². The minimum Gasteiger partial charge on any atom is -0.382 e. The summed E-state index contributed by atoms with van der Waals surface area (Å²) in [7, 11) is 0. The molecule has 0 aliphatic rings. The standard InChI is InChI=1S/C17H19IN4/c1-2-14-21-15-16(22(14)11-7-3-6-10-18)12-8-4-5-9-13(12)20-17(15)19/h4-6,8-10H,2-3,7,11H2,1H3,(H2,19,20)/b10-6+. The second kappa shape index (κ2) is 6.64. The molecule has 0 spiro atoms. The summed E-state index contributed by atoms with van der Waals surface area (Å²) in [6.45, 7) is 3.09. The molecule has 4 nitrogen and oxygen atoms in total. The molecule has 5 heteroatoms. The Balaban J connectivity index is 2.19. The topological polar surface area (TPSA) is 56.7 Å². The zero-order valence-electron chi connectivity index (χ0n) is 12.6. The second-order valence-electron chi connectivity index (χ2n) is 5.25. The zero-order valence-corrected chi connectivity index (χ0v) is 14.7. The fourth-order valence-electron chi connectivity index (χ4n) is 2.85. The van der Waals surface area contributed by atoms with Crippen molar-refractivity contribution in [3.05, 3.63) is 40.2 Å². The highest BCUT2D eigenvalue weighted by atomic mass is 127. The summed E-state index contributed by atoms with van der Waals surface area (Å²) in [5.74, 6) is 1.60. The molecule has 0 aliphatic carbocycles. The highest BCUT2D eigenvalue weighted by molar-refractivity contribution is 14.1. The molecule has 0 atom stereocenters. The van der Waals surface area contributed by atoms with Crippen LogP contribution in [0.5, 0.6) is 0 Å². The quantitative estimate of drug-likeness (QED) is 0.503. The molecular formula is C17H19IN4. The van der Waals surface area contributed by atoms with Gasteiger partial charge in [-0.3, -0.25) is 0 Å². The number of imidazole rings is 1. The Labute approximate surface area is 143 Å². The van der Waals surface area contributed by atoms with Crippen molar-refractivity contribution >= 4 is 50.3 Å². The first-order valence-corrected chi connectivity index (χ1v) is 8.79. The Bertz CT molecular complexity index is 835. The van der Waals surface area contributed by atoms with Crippen molar-refractivity contribution in [1.82, 2.24) is 14.5 Å². The van der Waals surface area contributed by atoms with Crippen molar-refractivity contribution in [3.8, 4) is 0 Å². The summed E-state index contributed by atoms with van der Waals surface area (Å²) in [6, 6.07) is 8.15. The molecule has 3 aromatic rings. The molecule has 114 valence electrons. The van der Waals surface area contributed by atoms with Gasteiger partial charge in [0.15, 0.2) is 5.82 Å². The van der Waals surface area contributed by atoms with E-state index >= 15 is 0 Å². The van der Waals surface area contributed by atoms with Gasteiger partial charge >= 0.3 is 0 Å². The molecule has 1 aromatic carbocycles. The number of hydrogen-bond donors (Lipinski definition) is 1. The molecule has 2 aromatic heterocycles. The number of unbranched alkanes of at least 4 members (excludes halogenated alkanes) is 1. The van der Waals surface area contributed by atoms with Gasteiger partial charge in [0.2, 0.25) is 0 Å². The lowest BCUT2D eigenvalue weighted by Crippen LogP contribution is -2.03. The Morgan fingerprint density at radius 3 is 2.86 bits per heavy atom. The van der Waals surface area contributed by atoms with Crippen molar-refractivity contribution in [1.29, 1.82) is 0 Å². The molecule has 0 amide bonds. The van der Waals surface area contributed by atoms with Crippen LogP contribution in [0.3, 0.4) is 0 Å². The summed E-state index contributed by atoms with van der Waals surface area (Å²) in [4.78, 5) is 9.23. The van der Waals surface area contributed by atoms with Gasteiger partial charge in [-0.05, 0) is 23.0 Å². The van der Waals surface area contributed by atoms with Crippen LogP contribution in [0, 0.1) is 0 Å². The molecule has 0 saturated carbocycles. The van der Waals surface area contributed by atoms with Gasteiger partial charge in [0.1, 0.15) is 11.3 Å². The van der Waals surface area contributed by atoms with Crippen LogP contribution < -0.4 is 5.73 Å². The van der Waals surface area contributed by atoms with Gasteiger partial charge in [-0.1, -0.05) is 53.8 Å². The smallest absolute Gasteiger partial charge is 0.152 e. The molecule has 0 fully saturated rings. The Hall–Kier alpha value is -1.63. The number of hydrogen-bond acceptors (Lipinski definition) is 3. The maximum Gasteiger partial charge on any atom is 0.152 e. The van der Waals surface area contributed by atoms with E-state index in [9.17, 15) is 0 Å². The van der Waals surface area contributed by atoms with E-state index < -0.39 is 0 Å². The monoisotopic (exact) mass is 406 g/mol. The number of benzene rings is 1. The van der Waals surface area contributed by atoms with Gasteiger partial charge < -0.3 is 10.3 Å². The third kappa shape index (κ3) is 2.69. The van der Waals surface area contributed by atoms with Gasteiger partial charge in [0, 0.05) is 18.4 Å². The molecular weight excluding hydrogens is 387 g/mol. The van der Waals surface area contributed by atoms with Crippen molar-refractivity contribution in [2.45, 2.75) is 32.7 Å². The highest BCUT2D eigenvalue weighted by Crippen LogP contribution is 2.29. The first-order valence-electron chi connectivity index (χ1n) is 7.54. The first kappa shape index (κ1) is 15.3. The van der Waals surface area contributed by atoms with Crippen molar-refractivity contribution < 1.29 is 0 Å². The summed E-state index contributed by atoms with van der Waals surface area (Å²) in [6.07, 6.45) is 5.25. The minimum absolute atomic E-state index is 0.523. The normalized spacial score (nSPS) is 11.9. The summed E-state index contributed by atoms with van der Waals surface area (Å²) < 4.78 is 4.39. The molecule has 0 radical (unpaired) electrons. The molecule has 2 heterocycles. The van der Waals surface area contributed by atoms with Crippen LogP contribution in [0.4, 0.5) is 5.82 Å². The van der Waals surface area contributed by atoms with Crippen molar-refractivity contribution in [2.24, 2.45) is 0 Å². The Morgan fingerprint density at radius 1 is 1.27 bits per heavy atom. The second-order valence-corrected chi connectivity index (χ2v) is 5.97. The van der Waals surface area contributed by atoms with Gasteiger partial charge in [0.25, 0.3) is 0 Å². The number of para-hydroxylation sites is 1. The number of nitrogen functional groups attached to an aromatic ring is 1. The zero-order chi connectivity index (χ0) is 15.5. The number of nitrogens with zero attached hydrogens (tertiary/aromatic N) is 3. The van der Waals surface area contributed by atoms with Crippen LogP contribution in [0.2, 0.25) is 0 Å². The predicted octanol–water partition coefficient (Wildman–Crippen LogP) is 4.46. The van der Waals surface area contributed by atoms with E-state index in [1.54, 1.807) is 0 Å². The lowest BCUT2D eigenvalue weighted by atomic mass is 10.2. The molecule has 0 bridgehead atoms. The molecule has 0 aliphatic heterocycles. The van der Waals surface area contributed by atoms with Crippen LogP contribution >= 0.6 is 22.6 Å². The number of aryl methyl sites for hydroxylation is 2. The van der Waals surface area contributed by atoms with Crippen LogP contribution in [0.1, 0.15) is 25.6 Å². The number of pyridine rings is 1. The van der Waals surface area contributed by atoms with Gasteiger partial charge in [-0.25, -0.2) is 9.97 Å². The Kier molecular flexibility index (Phi) is 4.61. The van der Waals surface area contributed by atoms with E-state index in [2.05, 4.69) is 55.3 Å². The van der Waals surface area contributed by atoms with E-state index in [0.717, 1.165) is 53.6 Å². The van der Waals surface area contributed by atoms with Crippen molar-refractivity contribution in [2.75, 3.05) is 5.73 Å². The first-order chi connectivity index (χ1) is 10.8. The Morgan fingerprint density at radius 2 is 2.09 bits per heavy atom. The van der Waals surface area contributed by atoms with Crippen LogP contribution in [-0.2, 0) is 13.0 Å². The summed E-state index contributed by atoms with van der Waals surface area (Å²) in [5, 5.41) is 1.13. The third-order valence-corrected chi connectivity index (χ3v) is 4.36. The number of allylic oxidation sites excluding steroid dienone is 1. The van der Waals surface area contributed by atoms with Crippen molar-refractivity contribution in [3.63, 3.8) is 0 Å². The number of fused-ring (bicyclic) bond motifs is 3. The average Bonchev–Trinajstić information content (AvgIpc) is 2.91. The van der Waals surface area contributed by atoms with Crippen LogP contribution in [-0.4, -0.2) is 14.5 Å². The highest BCUT2D eigenvalue weighted by Gasteiger charge is 2.15. The molecule has 2 N–H and O–H groups in total. The fraction of sp³-hybridized carbons (Fsp3) is 0.294. The van der Waals surface area contributed by atoms with E-state index in [1.807, 2.05) is 18.2 Å². The van der Waals surface area contributed by atoms with Crippen LogP contribution in [0.25, 0.3) is 21.9 Å². The van der Waals surface area contributed by atoms with Gasteiger partial charge in [0.05, 0.1) is 11.0 Å². The minimum atomic E-state index is 0.523. The third-order valence-electron chi connectivity index (χ3n) is 3.85. The van der Waals surface area contributed by atoms with Gasteiger partial charge in [-0.15, -0.1) is 0 Å². The predicted molar refractivity (Wildman–Crippen MR) is 101 cm³/mol. The molecule has 0 unspecified atom stereocenters. The molecule has 22 heavy (non-hydrogen) atoms. The number of aromatic nitrogens is 3. The maximum absolute atomic E-state index is 6.14. The molecule has 3 rings (SSSR count). The lowest BCUT2D eigenvalue weighted by molar-refractivity contribution is 0.636. The van der Waals surface area contributed by atoms with Crippen LogP contribution in [0.15, 0.2) is 34.4 Å². The molecule has 0 saturated heterocycles. The SMILES string of the molecule is CCc1nc2c(N)nc3ccccc3c2n1CCC/C=C/I. The number of halogens is 1.